The van der Waals surface area contributed by atoms with Crippen LogP contribution in [0.25, 0.3) is 0 Å². The van der Waals surface area contributed by atoms with Crippen LogP contribution < -0.4 is 10.6 Å². The molecule has 2 N–H and O–H groups in total. The van der Waals surface area contributed by atoms with Crippen LogP contribution in [0.5, 0.6) is 0 Å². The quantitative estimate of drug-likeness (QED) is 0.788. The van der Waals surface area contributed by atoms with Crippen LogP contribution in [-0.4, -0.2) is 24.1 Å². The Morgan fingerprint density at radius 3 is 2.94 bits per heavy atom. The average molecular weight is 248 g/mol. The molecule has 3 rings (SSSR count). The van der Waals surface area contributed by atoms with Gasteiger partial charge in [0.15, 0.2) is 0 Å². The predicted molar refractivity (Wildman–Crippen MR) is 66.2 cm³/mol. The van der Waals surface area contributed by atoms with Gasteiger partial charge < -0.3 is 10.6 Å². The Morgan fingerprint density at radius 1 is 1.29 bits per heavy atom. The largest absolute Gasteiger partial charge is 0.356 e. The summed E-state index contributed by atoms with van der Waals surface area (Å²) < 4.78 is 0. The summed E-state index contributed by atoms with van der Waals surface area (Å²) >= 11 is 1.54. The predicted octanol–water partition coefficient (Wildman–Crippen LogP) is 1.33. The van der Waals surface area contributed by atoms with Crippen LogP contribution in [0.2, 0.25) is 0 Å². The highest BCUT2D eigenvalue weighted by Crippen LogP contribution is 2.35. The zero-order chi connectivity index (χ0) is 11.8. The van der Waals surface area contributed by atoms with Crippen molar-refractivity contribution in [2.24, 2.45) is 0 Å². The minimum Gasteiger partial charge on any atom is -0.356 e. The Labute approximate surface area is 103 Å². The molecule has 1 saturated heterocycles. The fourth-order valence-electron chi connectivity index (χ4n) is 2.23. The third-order valence-corrected chi connectivity index (χ3v) is 4.16. The van der Waals surface area contributed by atoms with Crippen molar-refractivity contribution in [2.45, 2.75) is 17.2 Å². The molecule has 2 aliphatic heterocycles. The molecule has 1 fully saturated rings. The van der Waals surface area contributed by atoms with Crippen LogP contribution in [0, 0.1) is 0 Å². The van der Waals surface area contributed by atoms with Gasteiger partial charge in [-0.1, -0.05) is 6.07 Å². The van der Waals surface area contributed by atoms with Gasteiger partial charge >= 0.3 is 0 Å². The van der Waals surface area contributed by atoms with Crippen molar-refractivity contribution < 1.29 is 9.59 Å². The first kappa shape index (κ1) is 10.7. The standard InChI is InChI=1S/C12H12N2O2S/c15-11-6-17-10-2-1-7(5-9(10)14-11)8-3-4-13-12(8)16/h1-2,5,8H,3-4,6H2,(H,13,16)(H,14,15)/t8-/m1/s1. The molecule has 0 spiro atoms. The minimum atomic E-state index is -0.0656. The number of hydrogen-bond donors (Lipinski definition) is 2. The van der Waals surface area contributed by atoms with E-state index in [1.807, 2.05) is 18.2 Å². The summed E-state index contributed by atoms with van der Waals surface area (Å²) in [6.45, 7) is 0.738. The molecule has 0 unspecified atom stereocenters. The number of thioether (sulfide) groups is 1. The van der Waals surface area contributed by atoms with Crippen molar-refractivity contribution in [2.75, 3.05) is 17.6 Å². The molecule has 0 aliphatic carbocycles. The number of anilines is 1. The van der Waals surface area contributed by atoms with E-state index in [0.717, 1.165) is 29.1 Å². The van der Waals surface area contributed by atoms with Gasteiger partial charge in [0.2, 0.25) is 11.8 Å². The number of benzene rings is 1. The van der Waals surface area contributed by atoms with E-state index in [0.29, 0.717) is 5.75 Å². The molecule has 0 aromatic heterocycles. The van der Waals surface area contributed by atoms with Crippen LogP contribution in [0.15, 0.2) is 23.1 Å². The Kier molecular flexibility index (Phi) is 2.55. The first-order chi connectivity index (χ1) is 8.24. The van der Waals surface area contributed by atoms with Gasteiger partial charge in [0.25, 0.3) is 0 Å². The fraction of sp³-hybridized carbons (Fsp3) is 0.333. The number of carbonyl (C=O) groups is 2. The summed E-state index contributed by atoms with van der Waals surface area (Å²) in [5, 5.41) is 5.67. The average Bonchev–Trinajstić information content (AvgIpc) is 2.74. The normalized spacial score (nSPS) is 22.9. The summed E-state index contributed by atoms with van der Waals surface area (Å²) in [6, 6.07) is 5.90. The maximum absolute atomic E-state index is 11.6. The molecule has 88 valence electrons. The topological polar surface area (TPSA) is 58.2 Å². The molecule has 0 bridgehead atoms. The van der Waals surface area contributed by atoms with Gasteiger partial charge in [-0.2, -0.15) is 0 Å². The second-order valence-corrected chi connectivity index (χ2v) is 5.24. The molecular weight excluding hydrogens is 236 g/mol. The van der Waals surface area contributed by atoms with Crippen LogP contribution in [0.4, 0.5) is 5.69 Å². The Morgan fingerprint density at radius 2 is 2.18 bits per heavy atom. The Bertz CT molecular complexity index is 501. The smallest absolute Gasteiger partial charge is 0.234 e. The molecule has 2 heterocycles. The molecule has 5 heteroatoms. The lowest BCUT2D eigenvalue weighted by Crippen LogP contribution is -2.20. The second kappa shape index (κ2) is 4.07. The van der Waals surface area contributed by atoms with E-state index in [1.165, 1.54) is 11.8 Å². The third kappa shape index (κ3) is 1.91. The first-order valence-electron chi connectivity index (χ1n) is 5.58. The van der Waals surface area contributed by atoms with Crippen molar-refractivity contribution in [3.8, 4) is 0 Å². The zero-order valence-electron chi connectivity index (χ0n) is 9.16. The van der Waals surface area contributed by atoms with Gasteiger partial charge in [-0.15, -0.1) is 11.8 Å². The maximum atomic E-state index is 11.6. The highest BCUT2D eigenvalue weighted by atomic mass is 32.2. The number of amides is 2. The van der Waals surface area contributed by atoms with Gasteiger partial charge in [0.05, 0.1) is 17.4 Å². The fourth-order valence-corrected chi connectivity index (χ4v) is 3.02. The van der Waals surface area contributed by atoms with E-state index in [-0.39, 0.29) is 17.7 Å². The maximum Gasteiger partial charge on any atom is 0.234 e. The molecule has 2 aliphatic rings. The van der Waals surface area contributed by atoms with Crippen molar-refractivity contribution in [3.05, 3.63) is 23.8 Å². The summed E-state index contributed by atoms with van der Waals surface area (Å²) in [4.78, 5) is 24.0. The van der Waals surface area contributed by atoms with Gasteiger partial charge in [0.1, 0.15) is 0 Å². The van der Waals surface area contributed by atoms with Crippen molar-refractivity contribution in [3.63, 3.8) is 0 Å². The molecule has 1 atom stereocenters. The zero-order valence-corrected chi connectivity index (χ0v) is 9.97. The van der Waals surface area contributed by atoms with E-state index in [4.69, 9.17) is 0 Å². The molecule has 0 radical (unpaired) electrons. The number of hydrogen-bond acceptors (Lipinski definition) is 3. The summed E-state index contributed by atoms with van der Waals surface area (Å²) in [7, 11) is 0. The first-order valence-corrected chi connectivity index (χ1v) is 6.57. The van der Waals surface area contributed by atoms with Crippen LogP contribution in [0.3, 0.4) is 0 Å². The van der Waals surface area contributed by atoms with Crippen LogP contribution >= 0.6 is 11.8 Å². The lowest BCUT2D eigenvalue weighted by Gasteiger charge is -2.18. The highest BCUT2D eigenvalue weighted by Gasteiger charge is 2.27. The van der Waals surface area contributed by atoms with Crippen LogP contribution in [-0.2, 0) is 9.59 Å². The van der Waals surface area contributed by atoms with Crippen molar-refractivity contribution in [1.29, 1.82) is 0 Å². The van der Waals surface area contributed by atoms with E-state index >= 15 is 0 Å². The molecule has 2 amide bonds. The number of carbonyl (C=O) groups excluding carboxylic acids is 2. The molecule has 4 nitrogen and oxygen atoms in total. The molecule has 1 aromatic carbocycles. The summed E-state index contributed by atoms with van der Waals surface area (Å²) in [5.41, 5.74) is 1.82. The highest BCUT2D eigenvalue weighted by molar-refractivity contribution is 8.00. The number of rotatable bonds is 1. The monoisotopic (exact) mass is 248 g/mol. The molecule has 17 heavy (non-hydrogen) atoms. The second-order valence-electron chi connectivity index (χ2n) is 4.22. The van der Waals surface area contributed by atoms with Gasteiger partial charge in [0, 0.05) is 11.4 Å². The Balaban J connectivity index is 1.94. The Hall–Kier alpha value is -1.49. The molecular formula is C12H12N2O2S. The number of fused-ring (bicyclic) bond motifs is 1. The van der Waals surface area contributed by atoms with E-state index in [2.05, 4.69) is 10.6 Å². The molecule has 1 aromatic rings. The summed E-state index contributed by atoms with van der Waals surface area (Å²) in [6.07, 6.45) is 0.832. The van der Waals surface area contributed by atoms with Gasteiger partial charge in [-0.3, -0.25) is 9.59 Å². The SMILES string of the molecule is O=C1CSc2ccc([C@H]3CCNC3=O)cc2N1. The number of nitrogens with one attached hydrogen (secondary N) is 2. The van der Waals surface area contributed by atoms with Crippen molar-refractivity contribution >= 4 is 29.3 Å². The minimum absolute atomic E-state index is 0.0236. The van der Waals surface area contributed by atoms with E-state index in [1.54, 1.807) is 0 Å². The molecule has 0 saturated carbocycles. The van der Waals surface area contributed by atoms with Gasteiger partial charge in [-0.05, 0) is 24.1 Å². The van der Waals surface area contributed by atoms with Gasteiger partial charge in [-0.25, -0.2) is 0 Å². The van der Waals surface area contributed by atoms with Crippen LogP contribution in [0.1, 0.15) is 17.9 Å². The summed E-state index contributed by atoms with van der Waals surface area (Å²) in [5.74, 6) is 0.510. The third-order valence-electron chi connectivity index (χ3n) is 3.09. The van der Waals surface area contributed by atoms with E-state index < -0.39 is 0 Å². The lowest BCUT2D eigenvalue weighted by molar-refractivity contribution is -0.120. The van der Waals surface area contributed by atoms with Crippen molar-refractivity contribution in [1.82, 2.24) is 5.32 Å². The lowest BCUT2D eigenvalue weighted by atomic mass is 9.97. The van der Waals surface area contributed by atoms with E-state index in [9.17, 15) is 9.59 Å².